The summed E-state index contributed by atoms with van der Waals surface area (Å²) in [6.45, 7) is 7.65. The molecule has 0 fully saturated rings. The van der Waals surface area contributed by atoms with Crippen LogP contribution in [0.15, 0.2) is 22.9 Å². The first-order valence-corrected chi connectivity index (χ1v) is 5.88. The van der Waals surface area contributed by atoms with E-state index < -0.39 is 0 Å². The van der Waals surface area contributed by atoms with Crippen molar-refractivity contribution in [3.8, 4) is 0 Å². The van der Waals surface area contributed by atoms with Crippen LogP contribution in [0.25, 0.3) is 0 Å². The molecule has 17 heavy (non-hydrogen) atoms. The van der Waals surface area contributed by atoms with Gasteiger partial charge in [-0.05, 0) is 32.5 Å². The fourth-order valence-corrected chi connectivity index (χ4v) is 1.93. The van der Waals surface area contributed by atoms with Gasteiger partial charge in [0, 0.05) is 17.9 Å². The second kappa shape index (κ2) is 5.14. The smallest absolute Gasteiger partial charge is 0.246 e. The molecule has 1 unspecified atom stereocenters. The Hall–Kier alpha value is -1.62. The number of rotatable bonds is 5. The van der Waals surface area contributed by atoms with Crippen LogP contribution in [0.2, 0.25) is 0 Å². The second-order valence-electron chi connectivity index (χ2n) is 4.08. The molecule has 0 saturated heterocycles. The Balaban J connectivity index is 2.13. The molecule has 0 aliphatic carbocycles. The van der Waals surface area contributed by atoms with E-state index >= 15 is 0 Å². The molecule has 5 nitrogen and oxygen atoms in total. The molecule has 0 aliphatic heterocycles. The Bertz CT molecular complexity index is 474. The Morgan fingerprint density at radius 3 is 3.00 bits per heavy atom. The molecule has 0 bridgehead atoms. The monoisotopic (exact) mass is 234 g/mol. The number of aryl methyl sites for hydroxylation is 1. The Labute approximate surface area is 101 Å². The molecular weight excluding hydrogens is 216 g/mol. The molecule has 2 rings (SSSR count). The van der Waals surface area contributed by atoms with E-state index in [0.29, 0.717) is 24.3 Å². The summed E-state index contributed by atoms with van der Waals surface area (Å²) in [7, 11) is 0. The van der Waals surface area contributed by atoms with Crippen LogP contribution in [-0.4, -0.2) is 21.3 Å². The van der Waals surface area contributed by atoms with Crippen LogP contribution in [-0.2, 0) is 6.54 Å². The highest BCUT2D eigenvalue weighted by molar-refractivity contribution is 5.12. The molecular formula is C12H18N4O. The fourth-order valence-electron chi connectivity index (χ4n) is 1.93. The lowest BCUT2D eigenvalue weighted by atomic mass is 10.2. The Kier molecular flexibility index (Phi) is 3.58. The lowest BCUT2D eigenvalue weighted by Crippen LogP contribution is -2.20. The molecule has 1 N–H and O–H groups in total. The first-order chi connectivity index (χ1) is 8.20. The molecule has 0 aromatic carbocycles. The van der Waals surface area contributed by atoms with Gasteiger partial charge in [-0.15, -0.1) is 0 Å². The van der Waals surface area contributed by atoms with Crippen molar-refractivity contribution in [3.63, 3.8) is 0 Å². The van der Waals surface area contributed by atoms with Gasteiger partial charge >= 0.3 is 0 Å². The van der Waals surface area contributed by atoms with Crippen molar-refractivity contribution in [2.45, 2.75) is 33.4 Å². The fraction of sp³-hybridized carbons (Fsp3) is 0.500. The third-order valence-corrected chi connectivity index (χ3v) is 2.69. The SMILES string of the molecule is CCNC(C)c1cccn1Cc1nc(C)no1. The van der Waals surface area contributed by atoms with E-state index in [-0.39, 0.29) is 0 Å². The molecule has 2 aromatic heterocycles. The lowest BCUT2D eigenvalue weighted by Gasteiger charge is -2.15. The summed E-state index contributed by atoms with van der Waals surface area (Å²) in [4.78, 5) is 4.21. The van der Waals surface area contributed by atoms with Crippen molar-refractivity contribution in [1.82, 2.24) is 20.0 Å². The summed E-state index contributed by atoms with van der Waals surface area (Å²) in [5.74, 6) is 1.32. The first-order valence-electron chi connectivity index (χ1n) is 5.88. The number of nitrogens with one attached hydrogen (secondary N) is 1. The molecule has 2 aromatic rings. The van der Waals surface area contributed by atoms with Crippen LogP contribution in [0.3, 0.4) is 0 Å². The third kappa shape index (κ3) is 2.74. The van der Waals surface area contributed by atoms with Gasteiger partial charge in [0.2, 0.25) is 5.89 Å². The van der Waals surface area contributed by atoms with Crippen LogP contribution in [0, 0.1) is 6.92 Å². The standard InChI is InChI=1S/C12H18N4O/c1-4-13-9(2)11-6-5-7-16(11)8-12-14-10(3)15-17-12/h5-7,9,13H,4,8H2,1-3H3. The zero-order chi connectivity index (χ0) is 12.3. The normalized spacial score (nSPS) is 12.9. The van der Waals surface area contributed by atoms with E-state index in [1.54, 1.807) is 0 Å². The third-order valence-electron chi connectivity index (χ3n) is 2.69. The Morgan fingerprint density at radius 2 is 2.35 bits per heavy atom. The number of aromatic nitrogens is 3. The van der Waals surface area contributed by atoms with E-state index in [2.05, 4.69) is 39.9 Å². The van der Waals surface area contributed by atoms with Crippen molar-refractivity contribution in [1.29, 1.82) is 0 Å². The maximum atomic E-state index is 5.13. The zero-order valence-corrected chi connectivity index (χ0v) is 10.5. The maximum Gasteiger partial charge on any atom is 0.246 e. The van der Waals surface area contributed by atoms with Crippen molar-refractivity contribution in [2.24, 2.45) is 0 Å². The Morgan fingerprint density at radius 1 is 1.53 bits per heavy atom. The van der Waals surface area contributed by atoms with Crippen molar-refractivity contribution >= 4 is 0 Å². The number of hydrogen-bond acceptors (Lipinski definition) is 4. The quantitative estimate of drug-likeness (QED) is 0.858. The highest BCUT2D eigenvalue weighted by Crippen LogP contribution is 2.14. The predicted molar refractivity (Wildman–Crippen MR) is 64.7 cm³/mol. The molecule has 5 heteroatoms. The van der Waals surface area contributed by atoms with Gasteiger partial charge < -0.3 is 14.4 Å². The summed E-state index contributed by atoms with van der Waals surface area (Å²) in [6.07, 6.45) is 2.03. The van der Waals surface area contributed by atoms with E-state index in [0.717, 1.165) is 6.54 Å². The van der Waals surface area contributed by atoms with E-state index in [9.17, 15) is 0 Å². The van der Waals surface area contributed by atoms with Crippen molar-refractivity contribution in [3.05, 3.63) is 35.7 Å². The van der Waals surface area contributed by atoms with Crippen LogP contribution in [0.4, 0.5) is 0 Å². The summed E-state index contributed by atoms with van der Waals surface area (Å²) in [5.41, 5.74) is 1.22. The van der Waals surface area contributed by atoms with Crippen molar-refractivity contribution < 1.29 is 4.52 Å². The molecule has 0 spiro atoms. The van der Waals surface area contributed by atoms with Gasteiger partial charge in [-0.2, -0.15) is 4.98 Å². The molecule has 0 radical (unpaired) electrons. The maximum absolute atomic E-state index is 5.13. The van der Waals surface area contributed by atoms with E-state index in [4.69, 9.17) is 4.52 Å². The minimum absolute atomic E-state index is 0.319. The zero-order valence-electron chi connectivity index (χ0n) is 10.5. The average Bonchev–Trinajstić information content (AvgIpc) is 2.89. The van der Waals surface area contributed by atoms with Gasteiger partial charge in [0.15, 0.2) is 5.82 Å². The molecule has 0 saturated carbocycles. The van der Waals surface area contributed by atoms with Crippen LogP contribution in [0.1, 0.15) is 37.3 Å². The van der Waals surface area contributed by atoms with Gasteiger partial charge in [0.1, 0.15) is 6.54 Å². The minimum atomic E-state index is 0.319. The summed E-state index contributed by atoms with van der Waals surface area (Å²) >= 11 is 0. The predicted octanol–water partition coefficient (Wildman–Crippen LogP) is 1.90. The molecule has 92 valence electrons. The summed E-state index contributed by atoms with van der Waals surface area (Å²) < 4.78 is 7.26. The summed E-state index contributed by atoms with van der Waals surface area (Å²) in [6, 6.07) is 4.46. The van der Waals surface area contributed by atoms with Crippen LogP contribution >= 0.6 is 0 Å². The average molecular weight is 234 g/mol. The topological polar surface area (TPSA) is 55.9 Å². The minimum Gasteiger partial charge on any atom is -0.341 e. The van der Waals surface area contributed by atoms with Gasteiger partial charge in [0.05, 0.1) is 0 Å². The number of hydrogen-bond donors (Lipinski definition) is 1. The van der Waals surface area contributed by atoms with E-state index in [1.165, 1.54) is 5.69 Å². The molecule has 0 amide bonds. The molecule has 1 atom stereocenters. The van der Waals surface area contributed by atoms with Gasteiger partial charge in [-0.3, -0.25) is 0 Å². The summed E-state index contributed by atoms with van der Waals surface area (Å²) in [5, 5.41) is 7.18. The van der Waals surface area contributed by atoms with Crippen molar-refractivity contribution in [2.75, 3.05) is 6.54 Å². The highest BCUT2D eigenvalue weighted by atomic mass is 16.5. The van der Waals surface area contributed by atoms with E-state index in [1.807, 2.05) is 19.2 Å². The van der Waals surface area contributed by atoms with Crippen LogP contribution in [0.5, 0.6) is 0 Å². The number of nitrogens with zero attached hydrogens (tertiary/aromatic N) is 3. The second-order valence-corrected chi connectivity index (χ2v) is 4.08. The molecule has 2 heterocycles. The van der Waals surface area contributed by atoms with Gasteiger partial charge in [-0.25, -0.2) is 0 Å². The first kappa shape index (κ1) is 11.9. The van der Waals surface area contributed by atoms with Crippen LogP contribution < -0.4 is 5.32 Å². The van der Waals surface area contributed by atoms with Gasteiger partial charge in [-0.1, -0.05) is 12.1 Å². The highest BCUT2D eigenvalue weighted by Gasteiger charge is 2.11. The molecule has 0 aliphatic rings. The van der Waals surface area contributed by atoms with Gasteiger partial charge in [0.25, 0.3) is 0 Å². The largest absolute Gasteiger partial charge is 0.341 e. The lowest BCUT2D eigenvalue weighted by molar-refractivity contribution is 0.365.